The van der Waals surface area contributed by atoms with Crippen molar-refractivity contribution in [2.45, 2.75) is 31.7 Å². The predicted octanol–water partition coefficient (Wildman–Crippen LogP) is 2.81. The molecule has 0 aromatic carbocycles. The zero-order valence-electron chi connectivity index (χ0n) is 9.70. The van der Waals surface area contributed by atoms with Gasteiger partial charge in [0.25, 0.3) is 0 Å². The van der Waals surface area contributed by atoms with Gasteiger partial charge in [-0.2, -0.15) is 0 Å². The molecule has 0 aliphatic heterocycles. The number of thiophene rings is 1. The van der Waals surface area contributed by atoms with Gasteiger partial charge in [0.1, 0.15) is 0 Å². The van der Waals surface area contributed by atoms with Crippen LogP contribution < -0.4 is 0 Å². The zero-order valence-corrected chi connectivity index (χ0v) is 12.1. The van der Waals surface area contributed by atoms with Crippen LogP contribution >= 0.6 is 27.3 Å². The van der Waals surface area contributed by atoms with Gasteiger partial charge in [-0.25, -0.2) is 0 Å². The Bertz CT molecular complexity index is 321. The maximum atomic E-state index is 10.3. The highest BCUT2D eigenvalue weighted by Gasteiger charge is 2.27. The summed E-state index contributed by atoms with van der Waals surface area (Å²) < 4.78 is 11.2. The van der Waals surface area contributed by atoms with E-state index in [4.69, 9.17) is 9.47 Å². The average molecular weight is 309 g/mol. The first kappa shape index (κ1) is 14.1. The summed E-state index contributed by atoms with van der Waals surface area (Å²) in [6.07, 6.45) is 0.674. The average Bonchev–Trinajstić information content (AvgIpc) is 2.60. The second-order valence-corrected chi connectivity index (χ2v) is 5.83. The Hall–Kier alpha value is 0.0600. The van der Waals surface area contributed by atoms with E-state index in [0.29, 0.717) is 12.8 Å². The predicted molar refractivity (Wildman–Crippen MR) is 68.8 cm³/mol. The highest BCUT2D eigenvalue weighted by atomic mass is 79.9. The molecule has 0 saturated heterocycles. The summed E-state index contributed by atoms with van der Waals surface area (Å²) in [4.78, 5) is 1.14. The SMILES string of the molecule is COC(CC(C)(O)Cc1sccc1Br)OC. The van der Waals surface area contributed by atoms with Gasteiger partial charge in [0.2, 0.25) is 0 Å². The van der Waals surface area contributed by atoms with E-state index < -0.39 is 5.60 Å². The van der Waals surface area contributed by atoms with Gasteiger partial charge in [-0.05, 0) is 34.3 Å². The number of halogens is 1. The Balaban J connectivity index is 2.61. The molecular weight excluding hydrogens is 292 g/mol. The summed E-state index contributed by atoms with van der Waals surface area (Å²) >= 11 is 5.09. The molecule has 1 rings (SSSR count). The minimum atomic E-state index is -0.829. The fourth-order valence-corrected chi connectivity index (χ4v) is 3.16. The Morgan fingerprint density at radius 1 is 1.50 bits per heavy atom. The van der Waals surface area contributed by atoms with Gasteiger partial charge in [0.05, 0.1) is 5.60 Å². The van der Waals surface area contributed by atoms with Crippen LogP contribution in [0.3, 0.4) is 0 Å². The molecule has 0 aliphatic rings. The van der Waals surface area contributed by atoms with Crippen molar-refractivity contribution < 1.29 is 14.6 Å². The van der Waals surface area contributed by atoms with Crippen LogP contribution in [0.25, 0.3) is 0 Å². The largest absolute Gasteiger partial charge is 0.390 e. The minimum absolute atomic E-state index is 0.367. The van der Waals surface area contributed by atoms with Crippen LogP contribution in [0.15, 0.2) is 15.9 Å². The molecule has 5 heteroatoms. The van der Waals surface area contributed by atoms with Crippen molar-refractivity contribution in [2.24, 2.45) is 0 Å². The van der Waals surface area contributed by atoms with Gasteiger partial charge in [-0.1, -0.05) is 0 Å². The van der Waals surface area contributed by atoms with Crippen LogP contribution in [0.1, 0.15) is 18.2 Å². The van der Waals surface area contributed by atoms with Crippen molar-refractivity contribution in [3.8, 4) is 0 Å². The van der Waals surface area contributed by atoms with Crippen molar-refractivity contribution in [2.75, 3.05) is 14.2 Å². The summed E-state index contributed by atoms with van der Waals surface area (Å²) in [7, 11) is 3.15. The van der Waals surface area contributed by atoms with E-state index in [-0.39, 0.29) is 6.29 Å². The quantitative estimate of drug-likeness (QED) is 0.821. The number of hydrogen-bond acceptors (Lipinski definition) is 4. The lowest BCUT2D eigenvalue weighted by Gasteiger charge is -2.26. The lowest BCUT2D eigenvalue weighted by atomic mass is 9.97. The summed E-state index contributed by atoms with van der Waals surface area (Å²) in [6, 6.07) is 1.99. The topological polar surface area (TPSA) is 38.7 Å². The van der Waals surface area contributed by atoms with Gasteiger partial charge in [0.15, 0.2) is 6.29 Å². The Kier molecular flexibility index (Phi) is 5.40. The molecule has 0 radical (unpaired) electrons. The Morgan fingerprint density at radius 3 is 2.56 bits per heavy atom. The highest BCUT2D eigenvalue weighted by Crippen LogP contribution is 2.29. The third-order valence-corrected chi connectivity index (χ3v) is 4.29. The highest BCUT2D eigenvalue weighted by molar-refractivity contribution is 9.10. The van der Waals surface area contributed by atoms with E-state index in [1.807, 2.05) is 11.4 Å². The fraction of sp³-hybridized carbons (Fsp3) is 0.636. The molecule has 0 amide bonds. The molecule has 0 saturated carbocycles. The zero-order chi connectivity index (χ0) is 12.2. The normalized spacial score (nSPS) is 15.4. The van der Waals surface area contributed by atoms with E-state index in [2.05, 4.69) is 15.9 Å². The maximum absolute atomic E-state index is 10.3. The number of hydrogen-bond donors (Lipinski definition) is 1. The molecule has 1 heterocycles. The lowest BCUT2D eigenvalue weighted by Crippen LogP contribution is -2.33. The van der Waals surface area contributed by atoms with Crippen LogP contribution in [-0.2, 0) is 15.9 Å². The van der Waals surface area contributed by atoms with Crippen molar-refractivity contribution in [3.05, 3.63) is 20.8 Å². The Morgan fingerprint density at radius 2 is 2.12 bits per heavy atom. The first-order chi connectivity index (χ1) is 7.48. The molecule has 3 nitrogen and oxygen atoms in total. The molecule has 0 fully saturated rings. The standard InChI is InChI=1S/C11H17BrO3S/c1-11(13,7-10(14-2)15-3)6-9-8(12)4-5-16-9/h4-5,10,13H,6-7H2,1-3H3. The van der Waals surface area contributed by atoms with Crippen LogP contribution in [-0.4, -0.2) is 31.2 Å². The first-order valence-corrected chi connectivity index (χ1v) is 6.65. The maximum Gasteiger partial charge on any atom is 0.159 e. The monoisotopic (exact) mass is 308 g/mol. The first-order valence-electron chi connectivity index (χ1n) is 4.98. The molecule has 1 aromatic rings. The smallest absolute Gasteiger partial charge is 0.159 e. The molecule has 92 valence electrons. The van der Waals surface area contributed by atoms with E-state index in [0.717, 1.165) is 9.35 Å². The van der Waals surface area contributed by atoms with Gasteiger partial charge in [0, 0.05) is 36.4 Å². The van der Waals surface area contributed by atoms with Crippen molar-refractivity contribution in [3.63, 3.8) is 0 Å². The number of ether oxygens (including phenoxy) is 2. The lowest BCUT2D eigenvalue weighted by molar-refractivity contribution is -0.139. The van der Waals surface area contributed by atoms with Crippen LogP contribution in [0.2, 0.25) is 0 Å². The van der Waals surface area contributed by atoms with E-state index >= 15 is 0 Å². The van der Waals surface area contributed by atoms with E-state index in [1.54, 1.807) is 32.5 Å². The molecule has 1 N–H and O–H groups in total. The molecule has 1 unspecified atom stereocenters. The van der Waals surface area contributed by atoms with Crippen molar-refractivity contribution in [1.82, 2.24) is 0 Å². The Labute approximate surface area is 109 Å². The third kappa shape index (κ3) is 4.14. The molecule has 1 atom stereocenters. The molecule has 0 bridgehead atoms. The molecule has 1 aromatic heterocycles. The van der Waals surface area contributed by atoms with E-state index in [9.17, 15) is 5.11 Å². The summed E-state index contributed by atoms with van der Waals surface area (Å²) in [5.41, 5.74) is -0.829. The van der Waals surface area contributed by atoms with Crippen LogP contribution in [0.5, 0.6) is 0 Å². The summed E-state index contributed by atoms with van der Waals surface area (Å²) in [5.74, 6) is 0. The number of rotatable bonds is 6. The molecular formula is C11H17BrO3S. The van der Waals surface area contributed by atoms with Gasteiger partial charge >= 0.3 is 0 Å². The second-order valence-electron chi connectivity index (χ2n) is 3.97. The summed E-state index contributed by atoms with van der Waals surface area (Å²) in [6.45, 7) is 1.80. The van der Waals surface area contributed by atoms with E-state index in [1.165, 1.54) is 0 Å². The van der Waals surface area contributed by atoms with Crippen LogP contribution in [0.4, 0.5) is 0 Å². The number of aliphatic hydroxyl groups is 1. The second kappa shape index (κ2) is 6.12. The minimum Gasteiger partial charge on any atom is -0.390 e. The third-order valence-electron chi connectivity index (χ3n) is 2.36. The van der Waals surface area contributed by atoms with Gasteiger partial charge in [-0.15, -0.1) is 11.3 Å². The summed E-state index contributed by atoms with van der Waals surface area (Å²) in [5, 5.41) is 12.3. The van der Waals surface area contributed by atoms with Gasteiger partial charge in [-0.3, -0.25) is 0 Å². The molecule has 16 heavy (non-hydrogen) atoms. The van der Waals surface area contributed by atoms with Crippen LogP contribution in [0, 0.1) is 0 Å². The fourth-order valence-electron chi connectivity index (χ4n) is 1.49. The molecule has 0 spiro atoms. The van der Waals surface area contributed by atoms with Gasteiger partial charge < -0.3 is 14.6 Å². The van der Waals surface area contributed by atoms with Crippen molar-refractivity contribution >= 4 is 27.3 Å². The molecule has 0 aliphatic carbocycles. The van der Waals surface area contributed by atoms with Crippen molar-refractivity contribution in [1.29, 1.82) is 0 Å². The number of methoxy groups -OCH3 is 2.